The summed E-state index contributed by atoms with van der Waals surface area (Å²) in [5.74, 6) is -0.526. The number of thiocarbonyl (C=S) groups is 1. The van der Waals surface area contributed by atoms with E-state index in [4.69, 9.17) is 23.2 Å². The van der Waals surface area contributed by atoms with Gasteiger partial charge < -0.3 is 10.6 Å². The van der Waals surface area contributed by atoms with E-state index in [0.29, 0.717) is 34.2 Å². The molecule has 1 aliphatic heterocycles. The molecule has 7 nitrogen and oxygen atoms in total. The molecule has 1 aromatic heterocycles. The minimum absolute atomic E-state index is 0.0478. The highest BCUT2D eigenvalue weighted by Crippen LogP contribution is 2.46. The molecule has 0 bridgehead atoms. The third-order valence-electron chi connectivity index (χ3n) is 5.73. The van der Waals surface area contributed by atoms with Crippen LogP contribution in [0.15, 0.2) is 36.5 Å². The van der Waals surface area contributed by atoms with Gasteiger partial charge in [0.25, 0.3) is 5.91 Å². The van der Waals surface area contributed by atoms with E-state index in [1.165, 1.54) is 11.1 Å². The predicted molar refractivity (Wildman–Crippen MR) is 111 cm³/mol. The maximum Gasteiger partial charge on any atom is 0.259 e. The van der Waals surface area contributed by atoms with Crippen molar-refractivity contribution in [2.45, 2.75) is 38.3 Å². The summed E-state index contributed by atoms with van der Waals surface area (Å²) < 4.78 is 0. The fourth-order valence-corrected chi connectivity index (χ4v) is 4.34. The second-order valence-corrected chi connectivity index (χ2v) is 7.79. The van der Waals surface area contributed by atoms with Gasteiger partial charge in [-0.15, -0.1) is 0 Å². The van der Waals surface area contributed by atoms with Crippen LogP contribution in [0.3, 0.4) is 0 Å². The number of aromatic nitrogens is 1. The molecule has 0 radical (unpaired) electrons. The molecule has 8 heteroatoms. The van der Waals surface area contributed by atoms with Crippen LogP contribution in [0.2, 0.25) is 0 Å². The quantitative estimate of drug-likeness (QED) is 0.784. The Labute approximate surface area is 173 Å². The summed E-state index contributed by atoms with van der Waals surface area (Å²) in [5, 5.41) is 9.54. The van der Waals surface area contributed by atoms with Crippen LogP contribution in [0.4, 0.5) is 5.69 Å². The van der Waals surface area contributed by atoms with Crippen molar-refractivity contribution in [1.29, 1.82) is 5.26 Å². The number of primary amides is 1. The Balaban J connectivity index is 1.67. The van der Waals surface area contributed by atoms with Crippen LogP contribution >= 0.6 is 12.2 Å². The fraction of sp³-hybridized carbons (Fsp3) is 0.286. The number of rotatable bonds is 4. The number of hydrogen-bond acceptors (Lipinski definition) is 5. The summed E-state index contributed by atoms with van der Waals surface area (Å²) in [6.07, 6.45) is 3.96. The van der Waals surface area contributed by atoms with E-state index in [1.54, 1.807) is 25.1 Å². The van der Waals surface area contributed by atoms with Gasteiger partial charge in [0.1, 0.15) is 17.3 Å². The molecular formula is C21H19N5O2S. The fourth-order valence-electron chi connectivity index (χ4n) is 3.91. The smallest absolute Gasteiger partial charge is 0.259 e. The zero-order valence-corrected chi connectivity index (χ0v) is 16.7. The Morgan fingerprint density at radius 3 is 2.55 bits per heavy atom. The second kappa shape index (κ2) is 6.94. The highest BCUT2D eigenvalue weighted by Gasteiger charge is 2.58. The summed E-state index contributed by atoms with van der Waals surface area (Å²) in [7, 11) is 0. The summed E-state index contributed by atoms with van der Waals surface area (Å²) in [4.78, 5) is 32.3. The van der Waals surface area contributed by atoms with Gasteiger partial charge in [0, 0.05) is 12.1 Å². The first-order valence-electron chi connectivity index (χ1n) is 9.29. The van der Waals surface area contributed by atoms with Crippen molar-refractivity contribution in [1.82, 2.24) is 9.88 Å². The average Bonchev–Trinajstić information content (AvgIpc) is 2.89. The van der Waals surface area contributed by atoms with Gasteiger partial charge in [0.15, 0.2) is 5.11 Å². The van der Waals surface area contributed by atoms with Crippen molar-refractivity contribution < 1.29 is 9.59 Å². The van der Waals surface area contributed by atoms with Gasteiger partial charge in [0.2, 0.25) is 5.91 Å². The molecule has 2 N–H and O–H groups in total. The van der Waals surface area contributed by atoms with Gasteiger partial charge in [-0.25, -0.2) is 4.98 Å². The lowest BCUT2D eigenvalue weighted by atomic mass is 9.75. The molecule has 1 saturated carbocycles. The normalized spacial score (nSPS) is 17.4. The number of carbonyl (C=O) groups is 2. The summed E-state index contributed by atoms with van der Waals surface area (Å²) in [5.41, 5.74) is 7.65. The van der Waals surface area contributed by atoms with Gasteiger partial charge in [-0.3, -0.25) is 14.5 Å². The second-order valence-electron chi connectivity index (χ2n) is 7.43. The number of amides is 2. The Hall–Kier alpha value is -3.31. The van der Waals surface area contributed by atoms with Crippen molar-refractivity contribution in [3.8, 4) is 6.07 Å². The van der Waals surface area contributed by atoms with Crippen LogP contribution in [0.5, 0.6) is 0 Å². The first-order valence-corrected chi connectivity index (χ1v) is 9.70. The third-order valence-corrected chi connectivity index (χ3v) is 6.13. The molecule has 1 aliphatic carbocycles. The van der Waals surface area contributed by atoms with Gasteiger partial charge in [-0.1, -0.05) is 12.1 Å². The first-order chi connectivity index (χ1) is 13.9. The number of pyridine rings is 1. The number of aryl methyl sites for hydroxylation is 1. The maximum absolute atomic E-state index is 13.4. The van der Waals surface area contributed by atoms with Crippen LogP contribution in [-0.2, 0) is 11.3 Å². The van der Waals surface area contributed by atoms with Crippen LogP contribution < -0.4 is 10.6 Å². The number of hydrogen-bond donors (Lipinski definition) is 1. The SMILES string of the molecule is Cc1cc(N2C(=O)C3(CCC3)N(Cc3ccc(C(N)=O)cc3)C2=S)cnc1C#N. The number of nitriles is 1. The lowest BCUT2D eigenvalue weighted by molar-refractivity contribution is -0.129. The average molecular weight is 405 g/mol. The van der Waals surface area contributed by atoms with Crippen molar-refractivity contribution in [2.75, 3.05) is 4.90 Å². The number of nitrogens with zero attached hydrogens (tertiary/aromatic N) is 4. The Morgan fingerprint density at radius 1 is 1.34 bits per heavy atom. The molecule has 2 aliphatic rings. The monoisotopic (exact) mass is 405 g/mol. The van der Waals surface area contributed by atoms with Crippen molar-refractivity contribution in [3.63, 3.8) is 0 Å². The minimum atomic E-state index is -0.638. The topological polar surface area (TPSA) is 103 Å². The third kappa shape index (κ3) is 2.95. The van der Waals surface area contributed by atoms with Crippen LogP contribution in [0, 0.1) is 18.3 Å². The molecule has 1 aromatic carbocycles. The largest absolute Gasteiger partial charge is 0.366 e. The molecule has 2 aromatic rings. The molecule has 29 heavy (non-hydrogen) atoms. The van der Waals surface area contributed by atoms with E-state index in [9.17, 15) is 9.59 Å². The number of carbonyl (C=O) groups excluding carboxylic acids is 2. The molecule has 1 saturated heterocycles. The van der Waals surface area contributed by atoms with E-state index < -0.39 is 11.4 Å². The molecule has 4 rings (SSSR count). The van der Waals surface area contributed by atoms with Gasteiger partial charge in [-0.2, -0.15) is 5.26 Å². The maximum atomic E-state index is 13.4. The Morgan fingerprint density at radius 2 is 2.03 bits per heavy atom. The first kappa shape index (κ1) is 19.0. The predicted octanol–water partition coefficient (Wildman–Crippen LogP) is 2.42. The lowest BCUT2D eigenvalue weighted by Crippen LogP contribution is -2.54. The van der Waals surface area contributed by atoms with Crippen molar-refractivity contribution in [2.24, 2.45) is 5.73 Å². The Bertz CT molecular complexity index is 1070. The van der Waals surface area contributed by atoms with Gasteiger partial charge in [-0.05, 0) is 67.7 Å². The lowest BCUT2D eigenvalue weighted by Gasteiger charge is -2.43. The zero-order valence-electron chi connectivity index (χ0n) is 15.9. The number of benzene rings is 1. The molecule has 0 unspecified atom stereocenters. The van der Waals surface area contributed by atoms with E-state index in [1.807, 2.05) is 23.1 Å². The molecule has 146 valence electrons. The Kier molecular flexibility index (Phi) is 4.55. The molecule has 2 heterocycles. The van der Waals surface area contributed by atoms with E-state index in [0.717, 1.165) is 24.8 Å². The molecule has 2 fully saturated rings. The summed E-state index contributed by atoms with van der Waals surface area (Å²) in [6.45, 7) is 2.25. The van der Waals surface area contributed by atoms with Crippen LogP contribution in [0.1, 0.15) is 46.4 Å². The van der Waals surface area contributed by atoms with E-state index in [-0.39, 0.29) is 5.91 Å². The van der Waals surface area contributed by atoms with Gasteiger partial charge in [0.05, 0.1) is 11.9 Å². The summed E-state index contributed by atoms with van der Waals surface area (Å²) in [6, 6.07) is 10.8. The van der Waals surface area contributed by atoms with E-state index >= 15 is 0 Å². The molecule has 2 amide bonds. The van der Waals surface area contributed by atoms with Crippen molar-refractivity contribution >= 4 is 34.8 Å². The zero-order chi connectivity index (χ0) is 20.8. The molecular weight excluding hydrogens is 386 g/mol. The number of anilines is 1. The molecule has 0 atom stereocenters. The standard InChI is InChI=1S/C21H19N5O2S/c1-13-9-16(11-24-17(13)10-22)26-19(28)21(7-2-8-21)25(20(26)29)12-14-3-5-15(6-4-14)18(23)27/h3-6,9,11H,2,7-8,12H2,1H3,(H2,23,27). The highest BCUT2D eigenvalue weighted by atomic mass is 32.1. The van der Waals surface area contributed by atoms with Crippen molar-refractivity contribution in [3.05, 3.63) is 58.9 Å². The van der Waals surface area contributed by atoms with Crippen LogP contribution in [-0.4, -0.2) is 32.3 Å². The number of nitrogens with two attached hydrogens (primary N) is 1. The summed E-state index contributed by atoms with van der Waals surface area (Å²) >= 11 is 5.71. The van der Waals surface area contributed by atoms with Gasteiger partial charge >= 0.3 is 0 Å². The minimum Gasteiger partial charge on any atom is -0.366 e. The van der Waals surface area contributed by atoms with E-state index in [2.05, 4.69) is 4.98 Å². The van der Waals surface area contributed by atoms with Crippen LogP contribution in [0.25, 0.3) is 0 Å². The highest BCUT2D eigenvalue weighted by molar-refractivity contribution is 7.80. The molecule has 1 spiro atoms.